The van der Waals surface area contributed by atoms with E-state index in [4.69, 9.17) is 9.47 Å². The monoisotopic (exact) mass is 440 g/mol. The molecule has 0 saturated carbocycles. The van der Waals surface area contributed by atoms with Crippen molar-refractivity contribution in [2.24, 2.45) is 0 Å². The van der Waals surface area contributed by atoms with Crippen molar-refractivity contribution >= 4 is 44.4 Å². The summed E-state index contributed by atoms with van der Waals surface area (Å²) >= 11 is 0. The maximum atomic E-state index is 6.53. The summed E-state index contributed by atoms with van der Waals surface area (Å²) < 4.78 is 12.9. The molecule has 5 aromatic rings. The lowest BCUT2D eigenvalue weighted by Gasteiger charge is -2.37. The quantitative estimate of drug-likeness (QED) is 0.279. The van der Waals surface area contributed by atoms with Crippen LogP contribution in [-0.2, 0) is 0 Å². The predicted molar refractivity (Wildman–Crippen MR) is 139 cm³/mol. The number of benzene rings is 4. The minimum atomic E-state index is 0.768. The molecular weight excluding hydrogens is 420 g/mol. The first-order valence-electron chi connectivity index (χ1n) is 11.2. The van der Waals surface area contributed by atoms with Crippen LogP contribution >= 0.6 is 0 Å². The molecule has 0 radical (unpaired) electrons. The highest BCUT2D eigenvalue weighted by atomic mass is 16.5. The number of nitrogens with zero attached hydrogens (tertiary/aromatic N) is 1. The van der Waals surface area contributed by atoms with Gasteiger partial charge in [-0.25, -0.2) is 0 Å². The van der Waals surface area contributed by atoms with Crippen LogP contribution in [-0.4, -0.2) is 4.98 Å². The van der Waals surface area contributed by atoms with E-state index in [2.05, 4.69) is 59.4 Å². The van der Waals surface area contributed by atoms with Gasteiger partial charge in [0.15, 0.2) is 23.0 Å². The largest absolute Gasteiger partial charge is 0.453 e. The number of anilines is 3. The lowest BCUT2D eigenvalue weighted by atomic mass is 10.0. The second-order valence-electron chi connectivity index (χ2n) is 8.40. The van der Waals surface area contributed by atoms with E-state index in [9.17, 15) is 0 Å². The van der Waals surface area contributed by atoms with Crippen LogP contribution in [0.5, 0.6) is 23.0 Å². The average molecular weight is 441 g/mol. The molecule has 4 nitrogen and oxygen atoms in total. The molecule has 2 aliphatic rings. The summed E-state index contributed by atoms with van der Waals surface area (Å²) in [5, 5.41) is 2.16. The number of para-hydroxylation sites is 4. The van der Waals surface area contributed by atoms with E-state index < -0.39 is 0 Å². The molecule has 0 spiro atoms. The van der Waals surface area contributed by atoms with Gasteiger partial charge >= 0.3 is 0 Å². The van der Waals surface area contributed by atoms with Crippen molar-refractivity contribution in [2.45, 2.75) is 0 Å². The molecule has 1 N–H and O–H groups in total. The number of H-pyrrole nitrogens is 1. The number of hydrogen-bond donors (Lipinski definition) is 1. The molecule has 1 aromatic heterocycles. The maximum Gasteiger partial charge on any atom is 0.179 e. The van der Waals surface area contributed by atoms with Crippen molar-refractivity contribution in [3.63, 3.8) is 0 Å². The zero-order valence-corrected chi connectivity index (χ0v) is 18.3. The van der Waals surface area contributed by atoms with Crippen molar-refractivity contribution < 1.29 is 9.47 Å². The van der Waals surface area contributed by atoms with Gasteiger partial charge in [0.25, 0.3) is 0 Å². The third kappa shape index (κ3) is 2.48. The topological polar surface area (TPSA) is 37.5 Å². The third-order valence-corrected chi connectivity index (χ3v) is 6.51. The number of fused-ring (bicyclic) bond motifs is 8. The molecule has 34 heavy (non-hydrogen) atoms. The number of hydrogen-bond acceptors (Lipinski definition) is 3. The fourth-order valence-electron chi connectivity index (χ4n) is 5.01. The molecule has 4 aromatic carbocycles. The van der Waals surface area contributed by atoms with Crippen molar-refractivity contribution in [2.75, 3.05) is 4.90 Å². The highest BCUT2D eigenvalue weighted by Crippen LogP contribution is 2.61. The molecule has 4 heteroatoms. The summed E-state index contributed by atoms with van der Waals surface area (Å²) in [6.07, 6.45) is 5.58. The molecule has 7 rings (SSSR count). The Morgan fingerprint density at radius 3 is 2.26 bits per heavy atom. The van der Waals surface area contributed by atoms with Gasteiger partial charge in [0.2, 0.25) is 0 Å². The summed E-state index contributed by atoms with van der Waals surface area (Å²) in [6, 6.07) is 24.7. The van der Waals surface area contributed by atoms with E-state index in [0.29, 0.717) is 0 Å². The van der Waals surface area contributed by atoms with Crippen LogP contribution < -0.4 is 14.4 Å². The van der Waals surface area contributed by atoms with Gasteiger partial charge in [0, 0.05) is 16.3 Å². The van der Waals surface area contributed by atoms with Crippen LogP contribution in [0.1, 0.15) is 5.56 Å². The Morgan fingerprint density at radius 2 is 1.53 bits per heavy atom. The standard InChI is InChI=1S/C30H20N2O2/c1-3-9-18(4-2)19-14-15-20-21-17-27-29-30(28(21)31-22(20)16-19)34-26-13-8-6-11-24(26)32(29)23-10-5-7-12-25(23)33-27/h3-17,31H,1-2H2/b18-9+. The van der Waals surface area contributed by atoms with Crippen LogP contribution in [0.15, 0.2) is 104 Å². The Kier molecular flexibility index (Phi) is 3.82. The minimum Gasteiger partial charge on any atom is -0.453 e. The van der Waals surface area contributed by atoms with Gasteiger partial charge in [0.1, 0.15) is 5.69 Å². The lowest BCUT2D eigenvalue weighted by Crippen LogP contribution is -2.20. The molecule has 162 valence electrons. The van der Waals surface area contributed by atoms with Crippen LogP contribution in [0.3, 0.4) is 0 Å². The Hall–Kier alpha value is -4.70. The van der Waals surface area contributed by atoms with E-state index in [1.165, 1.54) is 0 Å². The molecule has 0 unspecified atom stereocenters. The summed E-state index contributed by atoms with van der Waals surface area (Å²) in [5.74, 6) is 3.18. The van der Waals surface area contributed by atoms with Gasteiger partial charge in [-0.2, -0.15) is 0 Å². The zero-order chi connectivity index (χ0) is 22.8. The molecule has 2 aliphatic heterocycles. The first-order chi connectivity index (χ1) is 16.8. The number of aromatic amines is 1. The van der Waals surface area contributed by atoms with E-state index in [-0.39, 0.29) is 0 Å². The van der Waals surface area contributed by atoms with Gasteiger partial charge in [-0.1, -0.05) is 67.8 Å². The van der Waals surface area contributed by atoms with Crippen molar-refractivity contribution in [3.8, 4) is 23.0 Å². The molecule has 0 aliphatic carbocycles. The highest BCUT2D eigenvalue weighted by molar-refractivity contribution is 6.14. The van der Waals surface area contributed by atoms with Crippen molar-refractivity contribution in [1.82, 2.24) is 4.98 Å². The van der Waals surface area contributed by atoms with Crippen molar-refractivity contribution in [3.05, 3.63) is 110 Å². The summed E-state index contributed by atoms with van der Waals surface area (Å²) in [5.41, 5.74) is 6.96. The molecule has 0 amide bonds. The molecular formula is C30H20N2O2. The molecule has 0 fully saturated rings. The lowest BCUT2D eigenvalue weighted by molar-refractivity contribution is 0.449. The number of allylic oxidation sites excluding steroid dienone is 4. The minimum absolute atomic E-state index is 0.768. The summed E-state index contributed by atoms with van der Waals surface area (Å²) in [6.45, 7) is 7.77. The van der Waals surface area contributed by atoms with E-state index >= 15 is 0 Å². The SMILES string of the molecule is C=C/C=C(\C=C)c1ccc2c(c1)[nH]c1c3c4c(cc12)Oc1ccccc1N4c1ccccc1O3. The van der Waals surface area contributed by atoms with Gasteiger partial charge in [-0.15, -0.1) is 0 Å². The average Bonchev–Trinajstić information content (AvgIpc) is 3.25. The van der Waals surface area contributed by atoms with Crippen LogP contribution in [0.25, 0.3) is 27.4 Å². The van der Waals surface area contributed by atoms with Crippen LogP contribution in [0.2, 0.25) is 0 Å². The molecule has 0 saturated heterocycles. The molecule has 0 bridgehead atoms. The van der Waals surface area contributed by atoms with E-state index in [1.54, 1.807) is 6.08 Å². The van der Waals surface area contributed by atoms with Gasteiger partial charge in [-0.05, 0) is 47.5 Å². The number of rotatable bonds is 3. The Bertz CT molecular complexity index is 1700. The summed E-state index contributed by atoms with van der Waals surface area (Å²) in [4.78, 5) is 5.86. The fraction of sp³-hybridized carbons (Fsp3) is 0. The fourth-order valence-corrected chi connectivity index (χ4v) is 5.01. The molecule has 3 heterocycles. The first-order valence-corrected chi connectivity index (χ1v) is 11.2. The maximum absolute atomic E-state index is 6.53. The zero-order valence-electron chi connectivity index (χ0n) is 18.3. The van der Waals surface area contributed by atoms with Gasteiger partial charge in [-0.3, -0.25) is 4.90 Å². The number of nitrogens with one attached hydrogen (secondary N) is 1. The molecule has 0 atom stereocenters. The van der Waals surface area contributed by atoms with E-state index in [0.717, 1.165) is 73.0 Å². The van der Waals surface area contributed by atoms with E-state index in [1.807, 2.05) is 48.6 Å². The summed E-state index contributed by atoms with van der Waals surface area (Å²) in [7, 11) is 0. The van der Waals surface area contributed by atoms with Gasteiger partial charge < -0.3 is 14.5 Å². The van der Waals surface area contributed by atoms with Crippen molar-refractivity contribution in [1.29, 1.82) is 0 Å². The third-order valence-electron chi connectivity index (χ3n) is 6.51. The number of aromatic nitrogens is 1. The van der Waals surface area contributed by atoms with Gasteiger partial charge in [0.05, 0.1) is 16.9 Å². The Balaban J connectivity index is 1.54. The second kappa shape index (κ2) is 6.90. The number of ether oxygens (including phenoxy) is 2. The predicted octanol–water partition coefficient (Wildman–Crippen LogP) is 8.76. The smallest absolute Gasteiger partial charge is 0.179 e. The Labute approximate surface area is 196 Å². The second-order valence-corrected chi connectivity index (χ2v) is 8.40. The van der Waals surface area contributed by atoms with Crippen LogP contribution in [0.4, 0.5) is 17.1 Å². The highest BCUT2D eigenvalue weighted by Gasteiger charge is 2.36. The normalized spacial score (nSPS) is 13.5. The Morgan fingerprint density at radius 1 is 0.794 bits per heavy atom. The first kappa shape index (κ1) is 18.8. The van der Waals surface area contributed by atoms with Crippen LogP contribution in [0, 0.1) is 0 Å².